The van der Waals surface area contributed by atoms with E-state index in [1.165, 1.54) is 0 Å². The number of amides is 1. The lowest BCUT2D eigenvalue weighted by Crippen LogP contribution is -2.48. The number of hydrogen-bond acceptors (Lipinski definition) is 3. The lowest BCUT2D eigenvalue weighted by atomic mass is 10.2. The van der Waals surface area contributed by atoms with Crippen LogP contribution in [0, 0.1) is 0 Å². The van der Waals surface area contributed by atoms with Crippen LogP contribution in [0.15, 0.2) is 0 Å². The monoisotopic (exact) mass is 227 g/mol. The zero-order chi connectivity index (χ0) is 12.0. The van der Waals surface area contributed by atoms with Gasteiger partial charge in [0.25, 0.3) is 0 Å². The molecule has 0 spiro atoms. The second kappa shape index (κ2) is 3.62. The number of hydrogen-bond donors (Lipinski definition) is 1. The van der Waals surface area contributed by atoms with E-state index in [-0.39, 0.29) is 18.2 Å². The molecule has 0 heterocycles. The van der Waals surface area contributed by atoms with Crippen LogP contribution in [0.1, 0.15) is 46.5 Å². The number of rotatable bonds is 3. The van der Waals surface area contributed by atoms with Crippen LogP contribution in [0.25, 0.3) is 0 Å². The van der Waals surface area contributed by atoms with Crippen molar-refractivity contribution in [1.29, 1.82) is 0 Å². The number of aliphatic hydroxyl groups excluding tert-OH is 1. The normalized spacial score (nSPS) is 22.8. The average Bonchev–Trinajstić information content (AvgIpc) is 2.95. The van der Waals surface area contributed by atoms with Gasteiger partial charge in [0.1, 0.15) is 5.60 Å². The molecule has 0 aromatic rings. The van der Waals surface area contributed by atoms with E-state index >= 15 is 0 Å². The van der Waals surface area contributed by atoms with Crippen LogP contribution in [0.5, 0.6) is 0 Å². The first kappa shape index (κ1) is 11.7. The van der Waals surface area contributed by atoms with Crippen LogP contribution in [-0.2, 0) is 4.74 Å². The van der Waals surface area contributed by atoms with Crippen LogP contribution in [0.3, 0.4) is 0 Å². The molecule has 16 heavy (non-hydrogen) atoms. The molecule has 0 saturated heterocycles. The molecule has 0 radical (unpaired) electrons. The Morgan fingerprint density at radius 2 is 2.00 bits per heavy atom. The zero-order valence-electron chi connectivity index (χ0n) is 10.3. The highest BCUT2D eigenvalue weighted by Gasteiger charge is 2.55. The van der Waals surface area contributed by atoms with Crippen molar-refractivity contribution in [3.05, 3.63) is 0 Å². The Labute approximate surface area is 96.6 Å². The number of ether oxygens (including phenoxy) is 1. The van der Waals surface area contributed by atoms with Gasteiger partial charge in [-0.25, -0.2) is 4.79 Å². The van der Waals surface area contributed by atoms with E-state index in [1.807, 2.05) is 20.8 Å². The first-order valence-electron chi connectivity index (χ1n) is 6.01. The molecular formula is C12H21NO3. The lowest BCUT2D eigenvalue weighted by molar-refractivity contribution is 0.00221. The van der Waals surface area contributed by atoms with Crippen molar-refractivity contribution in [2.24, 2.45) is 0 Å². The smallest absolute Gasteiger partial charge is 0.411 e. The highest BCUT2D eigenvalue weighted by atomic mass is 16.6. The topological polar surface area (TPSA) is 49.8 Å². The van der Waals surface area contributed by atoms with Crippen molar-refractivity contribution < 1.29 is 14.6 Å². The maximum Gasteiger partial charge on any atom is 0.411 e. The van der Waals surface area contributed by atoms with Gasteiger partial charge in [-0.1, -0.05) is 0 Å². The SMILES string of the molecule is CC(C)(C)OC(=O)N(C1CC1)C1(CO)CC1. The van der Waals surface area contributed by atoms with Crippen molar-refractivity contribution in [1.82, 2.24) is 4.90 Å². The van der Waals surface area contributed by atoms with Gasteiger partial charge in [-0.15, -0.1) is 0 Å². The zero-order valence-corrected chi connectivity index (χ0v) is 10.3. The molecule has 0 aliphatic heterocycles. The minimum Gasteiger partial charge on any atom is -0.444 e. The third-order valence-electron chi connectivity index (χ3n) is 3.13. The Hall–Kier alpha value is -0.770. The van der Waals surface area contributed by atoms with Gasteiger partial charge in [0, 0.05) is 6.04 Å². The fraction of sp³-hybridized carbons (Fsp3) is 0.917. The molecule has 2 aliphatic rings. The van der Waals surface area contributed by atoms with Crippen molar-refractivity contribution in [2.45, 2.75) is 63.6 Å². The van der Waals surface area contributed by atoms with Crippen molar-refractivity contribution in [3.8, 4) is 0 Å². The van der Waals surface area contributed by atoms with E-state index in [4.69, 9.17) is 4.74 Å². The van der Waals surface area contributed by atoms with Crippen molar-refractivity contribution in [2.75, 3.05) is 6.61 Å². The molecule has 0 atom stereocenters. The van der Waals surface area contributed by atoms with Crippen LogP contribution >= 0.6 is 0 Å². The molecule has 0 aromatic heterocycles. The molecule has 2 saturated carbocycles. The summed E-state index contributed by atoms with van der Waals surface area (Å²) in [5.41, 5.74) is -0.765. The van der Waals surface area contributed by atoms with E-state index in [2.05, 4.69) is 0 Å². The Balaban J connectivity index is 2.05. The first-order chi connectivity index (χ1) is 7.38. The van der Waals surface area contributed by atoms with Crippen molar-refractivity contribution in [3.63, 3.8) is 0 Å². The predicted molar refractivity (Wildman–Crippen MR) is 60.1 cm³/mol. The summed E-state index contributed by atoms with van der Waals surface area (Å²) >= 11 is 0. The molecule has 0 aromatic carbocycles. The van der Waals surface area contributed by atoms with E-state index in [0.29, 0.717) is 6.04 Å². The summed E-state index contributed by atoms with van der Waals surface area (Å²) < 4.78 is 5.41. The second-order valence-electron chi connectivity index (χ2n) is 5.96. The molecule has 2 rings (SSSR count). The average molecular weight is 227 g/mol. The molecule has 0 unspecified atom stereocenters. The highest BCUT2D eigenvalue weighted by molar-refractivity contribution is 5.71. The van der Waals surface area contributed by atoms with Crippen LogP contribution in [0.2, 0.25) is 0 Å². The van der Waals surface area contributed by atoms with E-state index in [0.717, 1.165) is 25.7 Å². The number of aliphatic hydroxyl groups is 1. The lowest BCUT2D eigenvalue weighted by Gasteiger charge is -2.33. The quantitative estimate of drug-likeness (QED) is 0.801. The summed E-state index contributed by atoms with van der Waals surface area (Å²) in [6.45, 7) is 5.67. The summed E-state index contributed by atoms with van der Waals surface area (Å²) in [5.74, 6) is 0. The molecule has 4 heteroatoms. The fourth-order valence-electron chi connectivity index (χ4n) is 1.99. The third-order valence-corrected chi connectivity index (χ3v) is 3.13. The Kier molecular flexibility index (Phi) is 2.65. The van der Waals surface area contributed by atoms with E-state index in [9.17, 15) is 9.90 Å². The molecule has 1 amide bonds. The van der Waals surface area contributed by atoms with Gasteiger partial charge in [-0.2, -0.15) is 0 Å². The second-order valence-corrected chi connectivity index (χ2v) is 5.96. The van der Waals surface area contributed by atoms with Gasteiger partial charge in [0.05, 0.1) is 12.1 Å². The van der Waals surface area contributed by atoms with E-state index in [1.54, 1.807) is 4.90 Å². The van der Waals surface area contributed by atoms with Crippen LogP contribution in [-0.4, -0.2) is 39.9 Å². The summed E-state index contributed by atoms with van der Waals surface area (Å²) in [6, 6.07) is 0.296. The Morgan fingerprint density at radius 3 is 2.31 bits per heavy atom. The summed E-state index contributed by atoms with van der Waals surface area (Å²) in [7, 11) is 0. The number of carbonyl (C=O) groups excluding carboxylic acids is 1. The summed E-state index contributed by atoms with van der Waals surface area (Å²) in [4.78, 5) is 13.9. The molecule has 92 valence electrons. The fourth-order valence-corrected chi connectivity index (χ4v) is 1.99. The third kappa shape index (κ3) is 2.32. The summed E-state index contributed by atoms with van der Waals surface area (Å²) in [6.07, 6.45) is 3.63. The Morgan fingerprint density at radius 1 is 1.44 bits per heavy atom. The maximum absolute atomic E-state index is 12.1. The molecule has 2 aliphatic carbocycles. The van der Waals surface area contributed by atoms with Gasteiger partial charge in [0.2, 0.25) is 0 Å². The number of nitrogens with zero attached hydrogens (tertiary/aromatic N) is 1. The molecule has 2 fully saturated rings. The van der Waals surface area contributed by atoms with Crippen molar-refractivity contribution >= 4 is 6.09 Å². The molecule has 0 bridgehead atoms. The highest BCUT2D eigenvalue weighted by Crippen LogP contribution is 2.47. The predicted octanol–water partition coefficient (Wildman–Crippen LogP) is 1.91. The number of carbonyl (C=O) groups is 1. The largest absolute Gasteiger partial charge is 0.444 e. The van der Waals surface area contributed by atoms with E-state index < -0.39 is 5.60 Å². The standard InChI is InChI=1S/C12H21NO3/c1-11(2,3)16-10(15)13(9-4-5-9)12(8-14)6-7-12/h9,14H,4-8H2,1-3H3. The molecule has 4 nitrogen and oxygen atoms in total. The van der Waals surface area contributed by atoms with Gasteiger partial charge >= 0.3 is 6.09 Å². The van der Waals surface area contributed by atoms with Gasteiger partial charge in [-0.3, -0.25) is 4.90 Å². The van der Waals surface area contributed by atoms with Gasteiger partial charge in [-0.05, 0) is 46.5 Å². The van der Waals surface area contributed by atoms with Gasteiger partial charge in [0.15, 0.2) is 0 Å². The molecule has 1 N–H and O–H groups in total. The van der Waals surface area contributed by atoms with Gasteiger partial charge < -0.3 is 9.84 Å². The summed E-state index contributed by atoms with van der Waals surface area (Å²) in [5, 5.41) is 9.40. The Bertz CT molecular complexity index is 287. The minimum absolute atomic E-state index is 0.0583. The minimum atomic E-state index is -0.463. The molecular weight excluding hydrogens is 206 g/mol. The van der Waals surface area contributed by atoms with Crippen LogP contribution < -0.4 is 0 Å². The maximum atomic E-state index is 12.1. The van der Waals surface area contributed by atoms with Crippen LogP contribution in [0.4, 0.5) is 4.79 Å². The first-order valence-corrected chi connectivity index (χ1v) is 6.01.